The molecule has 0 atom stereocenters. The Morgan fingerprint density at radius 3 is 2.38 bits per heavy atom. The van der Waals surface area contributed by atoms with Gasteiger partial charge in [0.15, 0.2) is 5.78 Å². The van der Waals surface area contributed by atoms with E-state index in [1.165, 1.54) is 5.56 Å². The number of Topliss-reactive ketones (excluding diaryl/α,β-unsaturated/α-hetero) is 1. The fourth-order valence-electron chi connectivity index (χ4n) is 3.00. The largest absolute Gasteiger partial charge is 0.380 e. The molecule has 2 nitrogen and oxygen atoms in total. The van der Waals surface area contributed by atoms with Crippen molar-refractivity contribution in [1.29, 1.82) is 0 Å². The van der Waals surface area contributed by atoms with E-state index in [1.54, 1.807) is 7.11 Å². The summed E-state index contributed by atoms with van der Waals surface area (Å²) in [5.74, 6) is 0.147. The molecule has 3 aromatic carbocycles. The van der Waals surface area contributed by atoms with E-state index in [0.29, 0.717) is 18.1 Å². The molecule has 0 unspecified atom stereocenters. The van der Waals surface area contributed by atoms with E-state index in [-0.39, 0.29) is 5.78 Å². The molecule has 3 rings (SSSR count). The third-order valence-corrected chi connectivity index (χ3v) is 4.62. The van der Waals surface area contributed by atoms with Gasteiger partial charge in [-0.3, -0.25) is 4.79 Å². The smallest absolute Gasteiger partial charge is 0.163 e. The molecule has 0 amide bonds. The molecule has 26 heavy (non-hydrogen) atoms. The lowest BCUT2D eigenvalue weighted by atomic mass is 9.95. The maximum absolute atomic E-state index is 12.6. The predicted molar refractivity (Wildman–Crippen MR) is 107 cm³/mol. The third kappa shape index (κ3) is 4.60. The fraction of sp³-hybridized carbons (Fsp3) is 0.174. The average Bonchev–Trinajstić information content (AvgIpc) is 2.68. The Morgan fingerprint density at radius 1 is 0.962 bits per heavy atom. The van der Waals surface area contributed by atoms with Gasteiger partial charge in [0.1, 0.15) is 0 Å². The normalized spacial score (nSPS) is 10.7. The Morgan fingerprint density at radius 2 is 1.69 bits per heavy atom. The zero-order valence-electron chi connectivity index (χ0n) is 14.7. The number of methoxy groups -OCH3 is 1. The summed E-state index contributed by atoms with van der Waals surface area (Å²) < 4.78 is 5.34. The highest BCUT2D eigenvalue weighted by molar-refractivity contribution is 6.30. The lowest BCUT2D eigenvalue weighted by Crippen LogP contribution is -2.03. The van der Waals surface area contributed by atoms with E-state index in [4.69, 9.17) is 16.3 Å². The van der Waals surface area contributed by atoms with Gasteiger partial charge in [0.2, 0.25) is 0 Å². The lowest BCUT2D eigenvalue weighted by molar-refractivity contribution is 0.0982. The van der Waals surface area contributed by atoms with Crippen molar-refractivity contribution in [3.63, 3.8) is 0 Å². The molecule has 0 saturated carbocycles. The highest BCUT2D eigenvalue weighted by Gasteiger charge is 2.11. The molecule has 0 aliphatic heterocycles. The maximum Gasteiger partial charge on any atom is 0.163 e. The minimum Gasteiger partial charge on any atom is -0.380 e. The first-order valence-electron chi connectivity index (χ1n) is 8.62. The van der Waals surface area contributed by atoms with Crippen LogP contribution in [0.25, 0.3) is 11.1 Å². The molecule has 3 heteroatoms. The first kappa shape index (κ1) is 18.4. The summed E-state index contributed by atoms with van der Waals surface area (Å²) in [6.45, 7) is 0.456. The second-order valence-electron chi connectivity index (χ2n) is 6.22. The standard InChI is InChI=1S/C23H21ClO2/c1-26-16-20-15-19(23(25)14-7-17-5-3-2-4-6-17)10-13-22(20)18-8-11-21(24)12-9-18/h2-6,8-13,15H,7,14,16H2,1H3. The lowest BCUT2D eigenvalue weighted by Gasteiger charge is -2.12. The minimum atomic E-state index is 0.147. The topological polar surface area (TPSA) is 26.3 Å². The first-order valence-corrected chi connectivity index (χ1v) is 9.00. The molecular formula is C23H21ClO2. The Bertz CT molecular complexity index is 870. The summed E-state index contributed by atoms with van der Waals surface area (Å²) in [6, 6.07) is 23.6. The van der Waals surface area contributed by atoms with Crippen LogP contribution in [-0.2, 0) is 17.8 Å². The van der Waals surface area contributed by atoms with Gasteiger partial charge in [-0.2, -0.15) is 0 Å². The molecule has 0 N–H and O–H groups in total. The molecule has 3 aromatic rings. The van der Waals surface area contributed by atoms with Crippen LogP contribution >= 0.6 is 11.6 Å². The van der Waals surface area contributed by atoms with Crippen LogP contribution in [0.2, 0.25) is 5.02 Å². The van der Waals surface area contributed by atoms with Crippen molar-refractivity contribution >= 4 is 17.4 Å². The van der Waals surface area contributed by atoms with Crippen LogP contribution in [0.15, 0.2) is 72.8 Å². The molecule has 0 fully saturated rings. The Labute approximate surface area is 159 Å². The van der Waals surface area contributed by atoms with Crippen LogP contribution < -0.4 is 0 Å². The van der Waals surface area contributed by atoms with Gasteiger partial charge in [-0.1, -0.05) is 66.2 Å². The summed E-state index contributed by atoms with van der Waals surface area (Å²) in [5.41, 5.74) is 5.02. The van der Waals surface area contributed by atoms with E-state index in [9.17, 15) is 4.79 Å². The van der Waals surface area contributed by atoms with Gasteiger partial charge < -0.3 is 4.74 Å². The van der Waals surface area contributed by atoms with Crippen LogP contribution in [0.3, 0.4) is 0 Å². The van der Waals surface area contributed by atoms with Crippen molar-refractivity contribution in [2.24, 2.45) is 0 Å². The zero-order chi connectivity index (χ0) is 18.4. The minimum absolute atomic E-state index is 0.147. The summed E-state index contributed by atoms with van der Waals surface area (Å²) in [4.78, 5) is 12.6. The number of carbonyl (C=O) groups excluding carboxylic acids is 1. The molecule has 0 aliphatic rings. The van der Waals surface area contributed by atoms with E-state index < -0.39 is 0 Å². The second-order valence-corrected chi connectivity index (χ2v) is 6.66. The van der Waals surface area contributed by atoms with Crippen LogP contribution in [0.1, 0.15) is 27.9 Å². The Balaban J connectivity index is 1.81. The molecule has 0 saturated heterocycles. The molecule has 0 aliphatic carbocycles. The highest BCUT2D eigenvalue weighted by Crippen LogP contribution is 2.27. The van der Waals surface area contributed by atoms with Crippen molar-refractivity contribution in [2.75, 3.05) is 7.11 Å². The van der Waals surface area contributed by atoms with Crippen molar-refractivity contribution in [1.82, 2.24) is 0 Å². The second kappa shape index (κ2) is 8.79. The molecule has 0 bridgehead atoms. The number of ether oxygens (including phenoxy) is 1. The molecule has 0 aromatic heterocycles. The molecule has 0 radical (unpaired) electrons. The van der Waals surface area contributed by atoms with Crippen LogP contribution in [0.5, 0.6) is 0 Å². The van der Waals surface area contributed by atoms with Crippen LogP contribution in [0, 0.1) is 0 Å². The summed E-state index contributed by atoms with van der Waals surface area (Å²) in [6.07, 6.45) is 1.24. The number of aryl methyl sites for hydroxylation is 1. The molecular weight excluding hydrogens is 344 g/mol. The van der Waals surface area contributed by atoms with Gasteiger partial charge in [0.25, 0.3) is 0 Å². The molecule has 0 spiro atoms. The van der Waals surface area contributed by atoms with Gasteiger partial charge in [-0.25, -0.2) is 0 Å². The monoisotopic (exact) mass is 364 g/mol. The molecule has 0 heterocycles. The number of hydrogen-bond donors (Lipinski definition) is 0. The number of carbonyl (C=O) groups is 1. The van der Waals surface area contributed by atoms with Gasteiger partial charge >= 0.3 is 0 Å². The van der Waals surface area contributed by atoms with Crippen molar-refractivity contribution in [3.8, 4) is 11.1 Å². The van der Waals surface area contributed by atoms with Crippen molar-refractivity contribution in [2.45, 2.75) is 19.4 Å². The van der Waals surface area contributed by atoms with Gasteiger partial charge in [0.05, 0.1) is 6.61 Å². The van der Waals surface area contributed by atoms with Gasteiger partial charge in [-0.05, 0) is 46.9 Å². The Kier molecular flexibility index (Phi) is 6.21. The SMILES string of the molecule is COCc1cc(C(=O)CCc2ccccc2)ccc1-c1ccc(Cl)cc1. The number of halogens is 1. The van der Waals surface area contributed by atoms with Crippen molar-refractivity contribution < 1.29 is 9.53 Å². The van der Waals surface area contributed by atoms with E-state index in [2.05, 4.69) is 0 Å². The van der Waals surface area contributed by atoms with E-state index >= 15 is 0 Å². The predicted octanol–water partition coefficient (Wildman–Crippen LogP) is 5.97. The molecule has 132 valence electrons. The summed E-state index contributed by atoms with van der Waals surface area (Å²) in [7, 11) is 1.66. The zero-order valence-corrected chi connectivity index (χ0v) is 15.5. The average molecular weight is 365 g/mol. The quantitative estimate of drug-likeness (QED) is 0.483. The van der Waals surface area contributed by atoms with Gasteiger partial charge in [0, 0.05) is 24.1 Å². The number of rotatable bonds is 7. The van der Waals surface area contributed by atoms with E-state index in [1.807, 2.05) is 72.8 Å². The highest BCUT2D eigenvalue weighted by atomic mass is 35.5. The summed E-state index contributed by atoms with van der Waals surface area (Å²) >= 11 is 5.98. The first-order chi connectivity index (χ1) is 12.7. The third-order valence-electron chi connectivity index (χ3n) is 4.37. The van der Waals surface area contributed by atoms with Crippen molar-refractivity contribution in [3.05, 3.63) is 94.5 Å². The maximum atomic E-state index is 12.6. The number of hydrogen-bond acceptors (Lipinski definition) is 2. The Hall–Kier alpha value is -2.42. The van der Waals surface area contributed by atoms with Crippen LogP contribution in [0.4, 0.5) is 0 Å². The van der Waals surface area contributed by atoms with Crippen LogP contribution in [-0.4, -0.2) is 12.9 Å². The fourth-order valence-corrected chi connectivity index (χ4v) is 3.13. The van der Waals surface area contributed by atoms with Gasteiger partial charge in [-0.15, -0.1) is 0 Å². The number of benzene rings is 3. The van der Waals surface area contributed by atoms with E-state index in [0.717, 1.165) is 28.7 Å². The number of ketones is 1. The summed E-state index contributed by atoms with van der Waals surface area (Å²) in [5, 5.41) is 0.703.